The number of amides is 1. The highest BCUT2D eigenvalue weighted by Crippen LogP contribution is 2.33. The van der Waals surface area contributed by atoms with Crippen LogP contribution < -0.4 is 19.7 Å². The summed E-state index contributed by atoms with van der Waals surface area (Å²) in [6, 6.07) is 7.22. The zero-order valence-electron chi connectivity index (χ0n) is 14.1. The molecule has 27 heavy (non-hydrogen) atoms. The van der Waals surface area contributed by atoms with Crippen molar-refractivity contribution in [3.05, 3.63) is 47.7 Å². The van der Waals surface area contributed by atoms with Crippen molar-refractivity contribution in [3.8, 4) is 11.5 Å². The Bertz CT molecular complexity index is 855. The molecule has 1 unspecified atom stereocenters. The number of carbonyl (C=O) groups is 1. The second kappa shape index (κ2) is 6.64. The van der Waals surface area contributed by atoms with Crippen molar-refractivity contribution in [1.82, 2.24) is 10.3 Å². The van der Waals surface area contributed by atoms with Crippen molar-refractivity contribution in [2.45, 2.75) is 18.6 Å². The summed E-state index contributed by atoms with van der Waals surface area (Å²) < 4.78 is 48.4. The maximum atomic E-state index is 12.6. The van der Waals surface area contributed by atoms with Crippen LogP contribution in [0.25, 0.3) is 0 Å². The van der Waals surface area contributed by atoms with Crippen molar-refractivity contribution in [1.29, 1.82) is 0 Å². The quantitative estimate of drug-likeness (QED) is 0.889. The van der Waals surface area contributed by atoms with E-state index in [1.54, 1.807) is 18.2 Å². The van der Waals surface area contributed by atoms with Gasteiger partial charge in [-0.1, -0.05) is 0 Å². The molecule has 1 saturated heterocycles. The van der Waals surface area contributed by atoms with Crippen molar-refractivity contribution < 1.29 is 27.4 Å². The van der Waals surface area contributed by atoms with Gasteiger partial charge in [0.05, 0.1) is 5.56 Å². The summed E-state index contributed by atoms with van der Waals surface area (Å²) in [5, 5.41) is 2.94. The predicted octanol–water partition coefficient (Wildman–Crippen LogP) is 2.84. The Balaban J connectivity index is 1.37. The Labute approximate surface area is 152 Å². The van der Waals surface area contributed by atoms with E-state index in [0.717, 1.165) is 12.3 Å². The number of alkyl halides is 3. The third kappa shape index (κ3) is 3.62. The molecule has 1 fully saturated rings. The molecule has 1 aromatic carbocycles. The number of aromatic nitrogens is 1. The van der Waals surface area contributed by atoms with Gasteiger partial charge in [0.25, 0.3) is 5.91 Å². The van der Waals surface area contributed by atoms with E-state index in [1.165, 1.54) is 6.07 Å². The summed E-state index contributed by atoms with van der Waals surface area (Å²) in [5.41, 5.74) is -0.316. The smallest absolute Gasteiger partial charge is 0.417 e. The van der Waals surface area contributed by atoms with Gasteiger partial charge in [0.2, 0.25) is 6.79 Å². The Morgan fingerprint density at radius 1 is 1.19 bits per heavy atom. The zero-order valence-corrected chi connectivity index (χ0v) is 14.1. The van der Waals surface area contributed by atoms with Gasteiger partial charge in [0.1, 0.15) is 5.82 Å². The van der Waals surface area contributed by atoms with Crippen LogP contribution in [-0.2, 0) is 6.18 Å². The molecule has 3 heterocycles. The molecular formula is C18H16F3N3O3. The second-order valence-electron chi connectivity index (χ2n) is 6.38. The lowest BCUT2D eigenvalue weighted by Crippen LogP contribution is -2.37. The van der Waals surface area contributed by atoms with E-state index in [-0.39, 0.29) is 18.7 Å². The Hall–Kier alpha value is -2.97. The summed E-state index contributed by atoms with van der Waals surface area (Å²) >= 11 is 0. The fourth-order valence-corrected chi connectivity index (χ4v) is 3.13. The molecule has 0 spiro atoms. The van der Waals surface area contributed by atoms with Crippen LogP contribution in [0.5, 0.6) is 11.5 Å². The van der Waals surface area contributed by atoms with Crippen LogP contribution in [0.3, 0.4) is 0 Å². The summed E-state index contributed by atoms with van der Waals surface area (Å²) in [6.45, 7) is 1.22. The molecule has 1 amide bonds. The normalized spacial score (nSPS) is 18.6. The van der Waals surface area contributed by atoms with Crippen molar-refractivity contribution in [2.24, 2.45) is 0 Å². The first-order valence-corrected chi connectivity index (χ1v) is 8.39. The monoisotopic (exact) mass is 379 g/mol. The first kappa shape index (κ1) is 17.4. The molecule has 0 radical (unpaired) electrons. The van der Waals surface area contributed by atoms with Crippen LogP contribution in [0.4, 0.5) is 19.0 Å². The number of hydrogen-bond acceptors (Lipinski definition) is 5. The minimum Gasteiger partial charge on any atom is -0.454 e. The lowest BCUT2D eigenvalue weighted by Gasteiger charge is -2.18. The standard InChI is InChI=1S/C18H16F3N3O3/c19-18(20,21)12-2-4-16(22-8-12)24-6-5-13(9-24)23-17(25)11-1-3-14-15(7-11)27-10-26-14/h1-4,7-8,13H,5-6,9-10H2,(H,23,25). The van der Waals surface area contributed by atoms with Gasteiger partial charge in [-0.3, -0.25) is 4.79 Å². The van der Waals surface area contributed by atoms with Crippen LogP contribution in [0, 0.1) is 0 Å². The number of fused-ring (bicyclic) bond motifs is 1. The summed E-state index contributed by atoms with van der Waals surface area (Å²) in [4.78, 5) is 18.2. The maximum Gasteiger partial charge on any atom is 0.417 e. The largest absolute Gasteiger partial charge is 0.454 e. The molecule has 2 aliphatic heterocycles. The van der Waals surface area contributed by atoms with Gasteiger partial charge in [0.15, 0.2) is 11.5 Å². The fraction of sp³-hybridized carbons (Fsp3) is 0.333. The number of ether oxygens (including phenoxy) is 2. The van der Waals surface area contributed by atoms with Crippen LogP contribution in [-0.4, -0.2) is 36.8 Å². The molecule has 1 aromatic heterocycles. The molecule has 142 valence electrons. The van der Waals surface area contributed by atoms with Gasteiger partial charge < -0.3 is 19.7 Å². The van der Waals surface area contributed by atoms with Crippen molar-refractivity contribution in [3.63, 3.8) is 0 Å². The van der Waals surface area contributed by atoms with Gasteiger partial charge in [-0.2, -0.15) is 13.2 Å². The topological polar surface area (TPSA) is 63.7 Å². The Morgan fingerprint density at radius 3 is 2.74 bits per heavy atom. The number of nitrogens with one attached hydrogen (secondary N) is 1. The van der Waals surface area contributed by atoms with Crippen molar-refractivity contribution in [2.75, 3.05) is 24.8 Å². The van der Waals surface area contributed by atoms with Gasteiger partial charge in [-0.15, -0.1) is 0 Å². The molecule has 1 N–H and O–H groups in total. The van der Waals surface area contributed by atoms with Crippen LogP contribution in [0.2, 0.25) is 0 Å². The summed E-state index contributed by atoms with van der Waals surface area (Å²) in [6.07, 6.45) is -2.90. The number of rotatable bonds is 3. The number of pyridine rings is 1. The molecule has 0 bridgehead atoms. The lowest BCUT2D eigenvalue weighted by molar-refractivity contribution is -0.137. The Kier molecular flexibility index (Phi) is 4.29. The number of carbonyl (C=O) groups excluding carboxylic acids is 1. The molecule has 4 rings (SSSR count). The number of halogens is 3. The molecule has 6 nitrogen and oxygen atoms in total. The number of hydrogen-bond donors (Lipinski definition) is 1. The number of nitrogens with zero attached hydrogens (tertiary/aromatic N) is 2. The highest BCUT2D eigenvalue weighted by atomic mass is 19.4. The highest BCUT2D eigenvalue weighted by molar-refractivity contribution is 5.95. The first-order valence-electron chi connectivity index (χ1n) is 8.39. The third-order valence-corrected chi connectivity index (χ3v) is 4.56. The first-order chi connectivity index (χ1) is 12.9. The molecule has 2 aliphatic rings. The number of anilines is 1. The van der Waals surface area contributed by atoms with E-state index in [9.17, 15) is 18.0 Å². The average molecular weight is 379 g/mol. The van der Waals surface area contributed by atoms with Crippen LogP contribution in [0.1, 0.15) is 22.3 Å². The zero-order chi connectivity index (χ0) is 19.0. The Morgan fingerprint density at radius 2 is 2.00 bits per heavy atom. The average Bonchev–Trinajstić information content (AvgIpc) is 3.29. The second-order valence-corrected chi connectivity index (χ2v) is 6.38. The van der Waals surface area contributed by atoms with E-state index >= 15 is 0 Å². The van der Waals surface area contributed by atoms with Crippen LogP contribution in [0.15, 0.2) is 36.5 Å². The summed E-state index contributed by atoms with van der Waals surface area (Å²) in [7, 11) is 0. The van der Waals surface area contributed by atoms with Crippen LogP contribution >= 0.6 is 0 Å². The molecule has 9 heteroatoms. The molecule has 0 aliphatic carbocycles. The van der Waals surface area contributed by atoms with Gasteiger partial charge >= 0.3 is 6.18 Å². The maximum absolute atomic E-state index is 12.6. The molecular weight excluding hydrogens is 363 g/mol. The van der Waals surface area contributed by atoms with E-state index < -0.39 is 11.7 Å². The van der Waals surface area contributed by atoms with Gasteiger partial charge in [0, 0.05) is 30.9 Å². The van der Waals surface area contributed by atoms with E-state index in [0.29, 0.717) is 42.4 Å². The van der Waals surface area contributed by atoms with E-state index in [2.05, 4.69) is 10.3 Å². The van der Waals surface area contributed by atoms with Crippen molar-refractivity contribution >= 4 is 11.7 Å². The van der Waals surface area contributed by atoms with E-state index in [1.807, 2.05) is 4.90 Å². The minimum absolute atomic E-state index is 0.119. The highest BCUT2D eigenvalue weighted by Gasteiger charge is 2.31. The molecule has 1 atom stereocenters. The number of benzene rings is 1. The minimum atomic E-state index is -4.41. The molecule has 0 saturated carbocycles. The summed E-state index contributed by atoms with van der Waals surface area (Å²) in [5.74, 6) is 1.36. The fourth-order valence-electron chi connectivity index (χ4n) is 3.13. The van der Waals surface area contributed by atoms with Gasteiger partial charge in [-0.25, -0.2) is 4.98 Å². The third-order valence-electron chi connectivity index (χ3n) is 4.56. The lowest BCUT2D eigenvalue weighted by atomic mass is 10.1. The molecule has 2 aromatic rings. The SMILES string of the molecule is O=C(NC1CCN(c2ccc(C(F)(F)F)cn2)C1)c1ccc2c(c1)OCO2. The predicted molar refractivity (Wildman–Crippen MR) is 89.9 cm³/mol. The van der Waals surface area contributed by atoms with Gasteiger partial charge in [-0.05, 0) is 36.8 Å². The van der Waals surface area contributed by atoms with E-state index in [4.69, 9.17) is 9.47 Å².